The van der Waals surface area contributed by atoms with Gasteiger partial charge in [0.1, 0.15) is 24.7 Å². The van der Waals surface area contributed by atoms with Crippen LogP contribution in [0.5, 0.6) is 11.5 Å². The van der Waals surface area contributed by atoms with E-state index in [0.717, 1.165) is 42.7 Å². The zero-order valence-corrected chi connectivity index (χ0v) is 21.0. The number of rotatable bonds is 13. The minimum atomic E-state index is 0. The van der Waals surface area contributed by atoms with E-state index >= 15 is 0 Å². The SMILES string of the molecule is CN=C(NCCOc1ccccc1)NCc1cccc(OCCN(C)CCOC)c1.I. The van der Waals surface area contributed by atoms with E-state index < -0.39 is 0 Å². The molecule has 0 aliphatic heterocycles. The largest absolute Gasteiger partial charge is 0.492 e. The number of guanidine groups is 1. The molecule has 2 aromatic rings. The predicted octanol–water partition coefficient (Wildman–Crippen LogP) is 3.01. The van der Waals surface area contributed by atoms with E-state index in [2.05, 4.69) is 33.6 Å². The normalized spacial score (nSPS) is 11.0. The third-order valence-electron chi connectivity index (χ3n) is 4.41. The molecule has 0 radical (unpaired) electrons. The minimum absolute atomic E-state index is 0. The number of nitrogens with zero attached hydrogens (tertiary/aromatic N) is 2. The van der Waals surface area contributed by atoms with E-state index in [1.165, 1.54) is 0 Å². The summed E-state index contributed by atoms with van der Waals surface area (Å²) < 4.78 is 16.7. The van der Waals surface area contributed by atoms with Crippen molar-refractivity contribution in [3.63, 3.8) is 0 Å². The van der Waals surface area contributed by atoms with Crippen LogP contribution in [0.2, 0.25) is 0 Å². The molecule has 0 unspecified atom stereocenters. The Morgan fingerprint density at radius 2 is 1.61 bits per heavy atom. The molecule has 2 aromatic carbocycles. The van der Waals surface area contributed by atoms with Gasteiger partial charge in [-0.05, 0) is 36.9 Å². The highest BCUT2D eigenvalue weighted by molar-refractivity contribution is 14.0. The Morgan fingerprint density at radius 1 is 0.903 bits per heavy atom. The van der Waals surface area contributed by atoms with Gasteiger partial charge in [0.25, 0.3) is 0 Å². The van der Waals surface area contributed by atoms with Crippen molar-refractivity contribution in [1.29, 1.82) is 0 Å². The summed E-state index contributed by atoms with van der Waals surface area (Å²) in [6.07, 6.45) is 0. The molecule has 0 aromatic heterocycles. The zero-order valence-electron chi connectivity index (χ0n) is 18.7. The van der Waals surface area contributed by atoms with Crippen molar-refractivity contribution in [1.82, 2.24) is 15.5 Å². The third-order valence-corrected chi connectivity index (χ3v) is 4.41. The average Bonchev–Trinajstić information content (AvgIpc) is 2.78. The van der Waals surface area contributed by atoms with Gasteiger partial charge in [0, 0.05) is 33.8 Å². The molecule has 0 heterocycles. The lowest BCUT2D eigenvalue weighted by molar-refractivity contribution is 0.150. The molecule has 0 bridgehead atoms. The van der Waals surface area contributed by atoms with Gasteiger partial charge in [-0.1, -0.05) is 30.3 Å². The summed E-state index contributed by atoms with van der Waals surface area (Å²) >= 11 is 0. The fraction of sp³-hybridized carbons (Fsp3) is 0.435. The molecule has 7 nitrogen and oxygen atoms in total. The van der Waals surface area contributed by atoms with Crippen molar-refractivity contribution in [3.8, 4) is 11.5 Å². The van der Waals surface area contributed by atoms with Crippen LogP contribution in [-0.4, -0.2) is 71.5 Å². The number of benzene rings is 2. The highest BCUT2D eigenvalue weighted by Gasteiger charge is 2.02. The summed E-state index contributed by atoms with van der Waals surface area (Å²) in [4.78, 5) is 6.44. The summed E-state index contributed by atoms with van der Waals surface area (Å²) in [6.45, 7) is 5.00. The lowest BCUT2D eigenvalue weighted by Crippen LogP contribution is -2.38. The Balaban J connectivity index is 0.00000480. The number of nitrogens with one attached hydrogen (secondary N) is 2. The first-order valence-corrected chi connectivity index (χ1v) is 10.2. The number of aliphatic imine (C=N–C) groups is 1. The molecule has 0 aliphatic carbocycles. The zero-order chi connectivity index (χ0) is 21.4. The molecule has 0 amide bonds. The number of methoxy groups -OCH3 is 1. The number of hydrogen-bond donors (Lipinski definition) is 2. The summed E-state index contributed by atoms with van der Waals surface area (Å²) in [5, 5.41) is 6.57. The molecule has 0 atom stereocenters. The van der Waals surface area contributed by atoms with E-state index in [-0.39, 0.29) is 24.0 Å². The monoisotopic (exact) mass is 542 g/mol. The molecule has 2 N–H and O–H groups in total. The van der Waals surface area contributed by atoms with Gasteiger partial charge in [0.05, 0.1) is 13.2 Å². The van der Waals surface area contributed by atoms with E-state index in [0.29, 0.717) is 26.3 Å². The number of para-hydroxylation sites is 1. The van der Waals surface area contributed by atoms with Crippen molar-refractivity contribution in [3.05, 3.63) is 60.2 Å². The smallest absolute Gasteiger partial charge is 0.191 e. The Labute approximate surface area is 203 Å². The van der Waals surface area contributed by atoms with Gasteiger partial charge in [-0.2, -0.15) is 0 Å². The number of ether oxygens (including phenoxy) is 3. The maximum absolute atomic E-state index is 5.88. The first-order chi connectivity index (χ1) is 14.7. The maximum atomic E-state index is 5.88. The second kappa shape index (κ2) is 16.6. The number of likely N-dealkylation sites (N-methyl/N-ethyl adjacent to an activating group) is 1. The van der Waals surface area contributed by atoms with Crippen molar-refractivity contribution >= 4 is 29.9 Å². The third kappa shape index (κ3) is 11.8. The van der Waals surface area contributed by atoms with Crippen LogP contribution in [0.25, 0.3) is 0 Å². The van der Waals surface area contributed by atoms with Crippen LogP contribution in [-0.2, 0) is 11.3 Å². The molecule has 8 heteroatoms. The van der Waals surface area contributed by atoms with Crippen molar-refractivity contribution in [2.75, 3.05) is 60.7 Å². The molecule has 0 aliphatic rings. The standard InChI is InChI=1S/C23H34N4O3.HI/c1-24-23(25-12-15-29-21-9-5-4-6-10-21)26-19-20-8-7-11-22(18-20)30-17-14-27(2)13-16-28-3;/h4-11,18H,12-17,19H2,1-3H3,(H2,24,25,26);1H. The summed E-state index contributed by atoms with van der Waals surface area (Å²) in [5.74, 6) is 2.47. The lowest BCUT2D eigenvalue weighted by Gasteiger charge is -2.16. The van der Waals surface area contributed by atoms with Crippen molar-refractivity contribution < 1.29 is 14.2 Å². The van der Waals surface area contributed by atoms with Gasteiger partial charge in [-0.3, -0.25) is 4.99 Å². The Hall–Kier alpha value is -2.04. The highest BCUT2D eigenvalue weighted by atomic mass is 127. The highest BCUT2D eigenvalue weighted by Crippen LogP contribution is 2.13. The summed E-state index contributed by atoms with van der Waals surface area (Å²) in [5.41, 5.74) is 1.13. The van der Waals surface area contributed by atoms with Gasteiger partial charge < -0.3 is 29.7 Å². The second-order valence-corrected chi connectivity index (χ2v) is 6.81. The lowest BCUT2D eigenvalue weighted by atomic mass is 10.2. The molecule has 172 valence electrons. The Morgan fingerprint density at radius 3 is 2.35 bits per heavy atom. The fourth-order valence-electron chi connectivity index (χ4n) is 2.68. The maximum Gasteiger partial charge on any atom is 0.191 e. The number of hydrogen-bond acceptors (Lipinski definition) is 5. The van der Waals surface area contributed by atoms with Crippen LogP contribution >= 0.6 is 24.0 Å². The topological polar surface area (TPSA) is 67.4 Å². The van der Waals surface area contributed by atoms with E-state index in [1.54, 1.807) is 14.2 Å². The van der Waals surface area contributed by atoms with Gasteiger partial charge in [-0.15, -0.1) is 24.0 Å². The first-order valence-electron chi connectivity index (χ1n) is 10.2. The Kier molecular flexibility index (Phi) is 14.5. The summed E-state index contributed by atoms with van der Waals surface area (Å²) in [7, 11) is 5.53. The minimum Gasteiger partial charge on any atom is -0.492 e. The second-order valence-electron chi connectivity index (χ2n) is 6.81. The van der Waals surface area contributed by atoms with Crippen LogP contribution < -0.4 is 20.1 Å². The van der Waals surface area contributed by atoms with E-state index in [1.807, 2.05) is 48.5 Å². The van der Waals surface area contributed by atoms with Gasteiger partial charge in [0.15, 0.2) is 5.96 Å². The predicted molar refractivity (Wildman–Crippen MR) is 137 cm³/mol. The average molecular weight is 542 g/mol. The molecule has 0 spiro atoms. The van der Waals surface area contributed by atoms with Crippen LogP contribution in [0.1, 0.15) is 5.56 Å². The van der Waals surface area contributed by atoms with Gasteiger partial charge in [0.2, 0.25) is 0 Å². The quantitative estimate of drug-likeness (QED) is 0.176. The van der Waals surface area contributed by atoms with E-state index in [4.69, 9.17) is 14.2 Å². The molecular weight excluding hydrogens is 507 g/mol. The van der Waals surface area contributed by atoms with Crippen molar-refractivity contribution in [2.24, 2.45) is 4.99 Å². The van der Waals surface area contributed by atoms with Crippen molar-refractivity contribution in [2.45, 2.75) is 6.54 Å². The summed E-state index contributed by atoms with van der Waals surface area (Å²) in [6, 6.07) is 17.9. The first kappa shape index (κ1) is 27.0. The van der Waals surface area contributed by atoms with Gasteiger partial charge in [-0.25, -0.2) is 0 Å². The van der Waals surface area contributed by atoms with Gasteiger partial charge >= 0.3 is 0 Å². The molecule has 0 saturated carbocycles. The molecular formula is C23H35IN4O3. The fourth-order valence-corrected chi connectivity index (χ4v) is 2.68. The Bertz CT molecular complexity index is 747. The molecule has 0 saturated heterocycles. The van der Waals surface area contributed by atoms with Crippen LogP contribution in [0.4, 0.5) is 0 Å². The molecule has 0 fully saturated rings. The molecule has 2 rings (SSSR count). The van der Waals surface area contributed by atoms with Crippen LogP contribution in [0.3, 0.4) is 0 Å². The number of halogens is 1. The van der Waals surface area contributed by atoms with Crippen LogP contribution in [0.15, 0.2) is 59.6 Å². The van der Waals surface area contributed by atoms with E-state index in [9.17, 15) is 0 Å². The molecule has 31 heavy (non-hydrogen) atoms. The van der Waals surface area contributed by atoms with Crippen LogP contribution in [0, 0.1) is 0 Å².